The average molecular weight is 394 g/mol. The lowest BCUT2D eigenvalue weighted by Crippen LogP contribution is -2.27. The number of carbonyl (C=O) groups is 1. The minimum absolute atomic E-state index is 0.0564. The van der Waals surface area contributed by atoms with Crippen LogP contribution in [0.2, 0.25) is 0 Å². The summed E-state index contributed by atoms with van der Waals surface area (Å²) in [4.78, 5) is 14.4. The van der Waals surface area contributed by atoms with Gasteiger partial charge in [-0.2, -0.15) is 0 Å². The van der Waals surface area contributed by atoms with Crippen molar-refractivity contribution in [2.75, 3.05) is 6.54 Å². The number of benzene rings is 1. The number of carbonyl (C=O) groups excluding carboxylic acids is 1. The number of hydrogen-bond acceptors (Lipinski definition) is 4. The van der Waals surface area contributed by atoms with Crippen LogP contribution in [0.15, 0.2) is 50.2 Å². The van der Waals surface area contributed by atoms with Gasteiger partial charge in [-0.25, -0.2) is 0 Å². The van der Waals surface area contributed by atoms with E-state index in [2.05, 4.69) is 15.9 Å². The standard InChI is InChI=1S/C16H12BrNO2S2/c1-2-18-15(19)14(22-16(18)21)9-12-7-8-13(20-12)10-3-5-11(17)6-4-10/h3-9H,2H2,1H3. The van der Waals surface area contributed by atoms with Gasteiger partial charge in [0, 0.05) is 22.7 Å². The highest BCUT2D eigenvalue weighted by atomic mass is 79.9. The largest absolute Gasteiger partial charge is 0.457 e. The molecule has 1 aromatic heterocycles. The van der Waals surface area contributed by atoms with Crippen molar-refractivity contribution >= 4 is 56.2 Å². The van der Waals surface area contributed by atoms with Crippen LogP contribution in [0.3, 0.4) is 0 Å². The van der Waals surface area contributed by atoms with E-state index >= 15 is 0 Å². The van der Waals surface area contributed by atoms with Crippen LogP contribution in [0, 0.1) is 0 Å². The number of thioether (sulfide) groups is 1. The zero-order valence-electron chi connectivity index (χ0n) is 11.7. The van der Waals surface area contributed by atoms with Gasteiger partial charge >= 0.3 is 0 Å². The topological polar surface area (TPSA) is 33.5 Å². The summed E-state index contributed by atoms with van der Waals surface area (Å²) in [6, 6.07) is 11.6. The van der Waals surface area contributed by atoms with Gasteiger partial charge in [0.15, 0.2) is 0 Å². The molecular weight excluding hydrogens is 382 g/mol. The van der Waals surface area contributed by atoms with Crippen LogP contribution in [-0.4, -0.2) is 21.7 Å². The molecule has 0 spiro atoms. The number of hydrogen-bond donors (Lipinski definition) is 0. The molecule has 1 amide bonds. The first-order chi connectivity index (χ1) is 10.6. The van der Waals surface area contributed by atoms with Gasteiger partial charge in [0.1, 0.15) is 15.8 Å². The van der Waals surface area contributed by atoms with Crippen LogP contribution in [-0.2, 0) is 4.79 Å². The Balaban J connectivity index is 1.86. The van der Waals surface area contributed by atoms with Gasteiger partial charge < -0.3 is 4.42 Å². The zero-order valence-corrected chi connectivity index (χ0v) is 14.9. The van der Waals surface area contributed by atoms with E-state index in [1.807, 2.05) is 43.3 Å². The Bertz CT molecular complexity index is 765. The third-order valence-electron chi connectivity index (χ3n) is 3.22. The smallest absolute Gasteiger partial charge is 0.266 e. The van der Waals surface area contributed by atoms with Crippen molar-refractivity contribution in [1.29, 1.82) is 0 Å². The number of rotatable bonds is 3. The first kappa shape index (κ1) is 15.5. The van der Waals surface area contributed by atoms with E-state index in [1.165, 1.54) is 11.8 Å². The molecule has 2 aromatic rings. The molecule has 1 fully saturated rings. The maximum absolute atomic E-state index is 12.2. The van der Waals surface area contributed by atoms with Crippen molar-refractivity contribution in [3.8, 4) is 11.3 Å². The molecule has 6 heteroatoms. The summed E-state index contributed by atoms with van der Waals surface area (Å²) < 4.78 is 7.42. The van der Waals surface area contributed by atoms with Gasteiger partial charge in [0.05, 0.1) is 4.91 Å². The Labute approximate surface area is 146 Å². The molecule has 0 aliphatic carbocycles. The first-order valence-electron chi connectivity index (χ1n) is 6.69. The third-order valence-corrected chi connectivity index (χ3v) is 5.13. The van der Waals surface area contributed by atoms with E-state index < -0.39 is 0 Å². The van der Waals surface area contributed by atoms with Gasteiger partial charge in [-0.15, -0.1) is 0 Å². The van der Waals surface area contributed by atoms with Gasteiger partial charge in [-0.3, -0.25) is 9.69 Å². The molecule has 3 rings (SSSR count). The predicted molar refractivity (Wildman–Crippen MR) is 97.4 cm³/mol. The number of thiocarbonyl (C=S) groups is 1. The molecule has 1 aliphatic rings. The van der Waals surface area contributed by atoms with E-state index in [4.69, 9.17) is 16.6 Å². The molecule has 0 radical (unpaired) electrons. The fourth-order valence-corrected chi connectivity index (χ4v) is 3.73. The monoisotopic (exact) mass is 393 g/mol. The number of likely N-dealkylation sites (N-methyl/N-ethyl adjacent to an activating group) is 1. The van der Waals surface area contributed by atoms with Gasteiger partial charge in [0.25, 0.3) is 5.91 Å². The van der Waals surface area contributed by atoms with E-state index in [1.54, 1.807) is 11.0 Å². The van der Waals surface area contributed by atoms with Crippen LogP contribution in [0.4, 0.5) is 0 Å². The van der Waals surface area contributed by atoms with E-state index in [9.17, 15) is 4.79 Å². The van der Waals surface area contributed by atoms with Crippen LogP contribution in [0.1, 0.15) is 12.7 Å². The normalized spacial score (nSPS) is 16.8. The highest BCUT2D eigenvalue weighted by molar-refractivity contribution is 9.10. The SMILES string of the molecule is CCN1C(=O)C(=Cc2ccc(-c3ccc(Br)cc3)o2)SC1=S. The number of halogens is 1. The molecule has 0 N–H and O–H groups in total. The molecule has 1 saturated heterocycles. The van der Waals surface area contributed by atoms with Crippen LogP contribution < -0.4 is 0 Å². The van der Waals surface area contributed by atoms with Crippen molar-refractivity contribution in [3.05, 3.63) is 51.5 Å². The fourth-order valence-electron chi connectivity index (χ4n) is 2.10. The van der Waals surface area contributed by atoms with Gasteiger partial charge in [0.2, 0.25) is 0 Å². The van der Waals surface area contributed by atoms with Crippen LogP contribution >= 0.6 is 39.9 Å². The van der Waals surface area contributed by atoms with Crippen molar-refractivity contribution < 1.29 is 9.21 Å². The molecular formula is C16H12BrNO2S2. The van der Waals surface area contributed by atoms with E-state index in [0.717, 1.165) is 15.8 Å². The summed E-state index contributed by atoms with van der Waals surface area (Å²) in [7, 11) is 0. The average Bonchev–Trinajstić information content (AvgIpc) is 3.06. The third kappa shape index (κ3) is 3.04. The lowest BCUT2D eigenvalue weighted by Gasteiger charge is -2.09. The Kier molecular flexibility index (Phi) is 4.52. The highest BCUT2D eigenvalue weighted by Gasteiger charge is 2.30. The van der Waals surface area contributed by atoms with E-state index in [-0.39, 0.29) is 5.91 Å². The Morgan fingerprint density at radius 1 is 1.27 bits per heavy atom. The summed E-state index contributed by atoms with van der Waals surface area (Å²) in [6.45, 7) is 2.50. The minimum atomic E-state index is -0.0564. The fraction of sp³-hybridized carbons (Fsp3) is 0.125. The Hall–Kier alpha value is -1.37. The molecule has 0 saturated carbocycles. The summed E-state index contributed by atoms with van der Waals surface area (Å²) in [5.74, 6) is 1.36. The van der Waals surface area contributed by atoms with Crippen LogP contribution in [0.5, 0.6) is 0 Å². The quantitative estimate of drug-likeness (QED) is 0.546. The van der Waals surface area contributed by atoms with Crippen molar-refractivity contribution in [2.24, 2.45) is 0 Å². The summed E-state index contributed by atoms with van der Waals surface area (Å²) in [5.41, 5.74) is 0.990. The summed E-state index contributed by atoms with van der Waals surface area (Å²) in [5, 5.41) is 0. The minimum Gasteiger partial charge on any atom is -0.457 e. The highest BCUT2D eigenvalue weighted by Crippen LogP contribution is 2.33. The molecule has 1 aromatic carbocycles. The summed E-state index contributed by atoms with van der Waals surface area (Å²) >= 11 is 9.92. The van der Waals surface area contributed by atoms with E-state index in [0.29, 0.717) is 21.5 Å². The van der Waals surface area contributed by atoms with Crippen molar-refractivity contribution in [2.45, 2.75) is 6.92 Å². The molecule has 2 heterocycles. The zero-order chi connectivity index (χ0) is 15.7. The number of furan rings is 1. The molecule has 0 unspecified atom stereocenters. The predicted octanol–water partition coefficient (Wildman–Crippen LogP) is 4.93. The number of amides is 1. The molecule has 3 nitrogen and oxygen atoms in total. The maximum atomic E-state index is 12.2. The van der Waals surface area contributed by atoms with Gasteiger partial charge in [-0.05, 0) is 31.2 Å². The second-order valence-electron chi connectivity index (χ2n) is 4.63. The van der Waals surface area contributed by atoms with Gasteiger partial charge in [-0.1, -0.05) is 52.0 Å². The molecule has 22 heavy (non-hydrogen) atoms. The lowest BCUT2D eigenvalue weighted by atomic mass is 10.2. The number of nitrogens with zero attached hydrogens (tertiary/aromatic N) is 1. The second kappa shape index (κ2) is 6.40. The lowest BCUT2D eigenvalue weighted by molar-refractivity contribution is -0.121. The maximum Gasteiger partial charge on any atom is 0.266 e. The molecule has 0 bridgehead atoms. The van der Waals surface area contributed by atoms with Crippen molar-refractivity contribution in [3.63, 3.8) is 0 Å². The first-order valence-corrected chi connectivity index (χ1v) is 8.71. The second-order valence-corrected chi connectivity index (χ2v) is 7.23. The Morgan fingerprint density at radius 3 is 2.64 bits per heavy atom. The Morgan fingerprint density at radius 2 is 2.00 bits per heavy atom. The molecule has 0 atom stereocenters. The molecule has 112 valence electrons. The van der Waals surface area contributed by atoms with Crippen LogP contribution in [0.25, 0.3) is 17.4 Å². The summed E-state index contributed by atoms with van der Waals surface area (Å²) in [6.07, 6.45) is 1.75. The van der Waals surface area contributed by atoms with Crippen molar-refractivity contribution in [1.82, 2.24) is 4.90 Å². The molecule has 1 aliphatic heterocycles.